The van der Waals surface area contributed by atoms with Gasteiger partial charge >= 0.3 is 0 Å². The van der Waals surface area contributed by atoms with Crippen molar-refractivity contribution in [2.24, 2.45) is 16.8 Å². The Hall–Kier alpha value is -0.440. The van der Waals surface area contributed by atoms with Crippen LogP contribution >= 0.6 is 12.4 Å². The molecule has 0 radical (unpaired) electrons. The monoisotopic (exact) mass is 151 g/mol. The van der Waals surface area contributed by atoms with Gasteiger partial charge in [-0.15, -0.1) is 12.4 Å². The molecule has 0 aliphatic carbocycles. The van der Waals surface area contributed by atoms with Crippen LogP contribution in [0.25, 0.3) is 0 Å². The molecule has 3 N–H and O–H groups in total. The van der Waals surface area contributed by atoms with Crippen LogP contribution in [0.1, 0.15) is 13.8 Å². The average molecular weight is 152 g/mol. The first-order valence-corrected chi connectivity index (χ1v) is 2.68. The fourth-order valence-corrected chi connectivity index (χ4v) is 0.258. The second kappa shape index (κ2) is 5.69. The molecule has 0 aromatic rings. The number of amidine groups is 1. The molecule has 0 aliphatic heterocycles. The van der Waals surface area contributed by atoms with Gasteiger partial charge in [0.15, 0.2) is 0 Å². The van der Waals surface area contributed by atoms with Crippen molar-refractivity contribution >= 4 is 18.2 Å². The predicted molar refractivity (Wildman–Crippen MR) is 42.8 cm³/mol. The number of nitrogens with two attached hydrogens (primary N) is 1. The summed E-state index contributed by atoms with van der Waals surface area (Å²) in [7, 11) is 1.73. The van der Waals surface area contributed by atoms with Crippen molar-refractivity contribution in [3.05, 3.63) is 0 Å². The molecule has 0 aromatic heterocycles. The summed E-state index contributed by atoms with van der Waals surface area (Å²) >= 11 is 0. The molecule has 0 spiro atoms. The van der Waals surface area contributed by atoms with Gasteiger partial charge in [0.25, 0.3) is 0 Å². The van der Waals surface area contributed by atoms with Gasteiger partial charge in [-0.05, 0) is 0 Å². The van der Waals surface area contributed by atoms with E-state index >= 15 is 0 Å². The van der Waals surface area contributed by atoms with Crippen LogP contribution in [0, 0.1) is 5.92 Å². The molecule has 0 rings (SSSR count). The quantitative estimate of drug-likeness (QED) is 0.344. The van der Waals surface area contributed by atoms with Crippen molar-refractivity contribution < 1.29 is 0 Å². The standard InChI is InChI=1S/C5H13N3.ClH/c1-4(2)5(6)8-7-3;/h4,7H,1-3H3,(H2,6,8);1H. The Morgan fingerprint density at radius 3 is 2.11 bits per heavy atom. The molecule has 0 saturated carbocycles. The van der Waals surface area contributed by atoms with Crippen molar-refractivity contribution in [2.45, 2.75) is 13.8 Å². The van der Waals surface area contributed by atoms with Crippen molar-refractivity contribution in [3.8, 4) is 0 Å². The minimum Gasteiger partial charge on any atom is -0.386 e. The minimum absolute atomic E-state index is 0. The van der Waals surface area contributed by atoms with Crippen LogP contribution in [-0.2, 0) is 0 Å². The summed E-state index contributed by atoms with van der Waals surface area (Å²) in [4.78, 5) is 0. The maximum atomic E-state index is 5.41. The smallest absolute Gasteiger partial charge is 0.122 e. The predicted octanol–water partition coefficient (Wildman–Crippen LogP) is 0.556. The molecule has 0 heterocycles. The number of nitrogens with zero attached hydrogens (tertiary/aromatic N) is 1. The van der Waals surface area contributed by atoms with Crippen molar-refractivity contribution in [3.63, 3.8) is 0 Å². The second-order valence-corrected chi connectivity index (χ2v) is 1.91. The zero-order valence-corrected chi connectivity index (χ0v) is 6.83. The summed E-state index contributed by atoms with van der Waals surface area (Å²) in [5, 5.41) is 3.77. The first kappa shape index (κ1) is 11.4. The van der Waals surface area contributed by atoms with Gasteiger partial charge in [0.05, 0.1) is 0 Å². The molecule has 0 amide bonds. The van der Waals surface area contributed by atoms with E-state index in [1.807, 2.05) is 13.8 Å². The summed E-state index contributed by atoms with van der Waals surface area (Å²) < 4.78 is 0. The number of hydrazone groups is 1. The molecule has 56 valence electrons. The molecule has 0 unspecified atom stereocenters. The third-order valence-electron chi connectivity index (χ3n) is 0.832. The fraction of sp³-hybridized carbons (Fsp3) is 0.800. The normalized spacial score (nSPS) is 10.9. The summed E-state index contributed by atoms with van der Waals surface area (Å²) in [5.41, 5.74) is 8.03. The first-order valence-electron chi connectivity index (χ1n) is 2.68. The number of nitrogens with one attached hydrogen (secondary N) is 1. The van der Waals surface area contributed by atoms with Crippen LogP contribution in [0.2, 0.25) is 0 Å². The Kier molecular flexibility index (Phi) is 7.19. The van der Waals surface area contributed by atoms with Gasteiger partial charge in [0.1, 0.15) is 5.84 Å². The zero-order valence-electron chi connectivity index (χ0n) is 6.01. The van der Waals surface area contributed by atoms with Gasteiger partial charge in [-0.25, -0.2) is 0 Å². The Bertz CT molecular complexity index is 90.2. The van der Waals surface area contributed by atoms with E-state index in [0.29, 0.717) is 11.8 Å². The molecule has 4 heteroatoms. The van der Waals surface area contributed by atoms with Crippen LogP contribution in [-0.4, -0.2) is 12.9 Å². The van der Waals surface area contributed by atoms with E-state index in [2.05, 4.69) is 10.5 Å². The van der Waals surface area contributed by atoms with E-state index in [9.17, 15) is 0 Å². The lowest BCUT2D eigenvalue weighted by molar-refractivity contribution is 0.817. The summed E-state index contributed by atoms with van der Waals surface area (Å²) in [6, 6.07) is 0. The van der Waals surface area contributed by atoms with Gasteiger partial charge in [-0.2, -0.15) is 5.10 Å². The lowest BCUT2D eigenvalue weighted by atomic mass is 10.2. The zero-order chi connectivity index (χ0) is 6.57. The topological polar surface area (TPSA) is 50.4 Å². The Morgan fingerprint density at radius 2 is 2.00 bits per heavy atom. The molecule has 3 nitrogen and oxygen atoms in total. The number of hydrogen-bond donors (Lipinski definition) is 2. The Morgan fingerprint density at radius 1 is 1.56 bits per heavy atom. The maximum absolute atomic E-state index is 5.41. The van der Waals surface area contributed by atoms with E-state index < -0.39 is 0 Å². The molecule has 9 heavy (non-hydrogen) atoms. The van der Waals surface area contributed by atoms with Gasteiger partial charge in [0, 0.05) is 13.0 Å². The molecular weight excluding hydrogens is 138 g/mol. The average Bonchev–Trinajstić information content (AvgIpc) is 1.67. The number of rotatable bonds is 2. The van der Waals surface area contributed by atoms with Crippen LogP contribution in [0.3, 0.4) is 0 Å². The lowest BCUT2D eigenvalue weighted by Crippen LogP contribution is -2.21. The molecule has 0 bridgehead atoms. The van der Waals surface area contributed by atoms with E-state index in [4.69, 9.17) is 5.73 Å². The van der Waals surface area contributed by atoms with E-state index in [1.165, 1.54) is 0 Å². The van der Waals surface area contributed by atoms with Gasteiger partial charge in [-0.3, -0.25) is 0 Å². The molecule has 0 aliphatic rings. The number of hydrogen-bond acceptors (Lipinski definition) is 2. The highest BCUT2D eigenvalue weighted by Crippen LogP contribution is 1.88. The largest absolute Gasteiger partial charge is 0.386 e. The van der Waals surface area contributed by atoms with E-state index in [1.54, 1.807) is 7.05 Å². The molecule has 0 saturated heterocycles. The van der Waals surface area contributed by atoms with E-state index in [-0.39, 0.29) is 12.4 Å². The van der Waals surface area contributed by atoms with Crippen LogP contribution in [0.15, 0.2) is 5.10 Å². The molecule has 0 fully saturated rings. The van der Waals surface area contributed by atoms with Crippen LogP contribution in [0.4, 0.5) is 0 Å². The first-order chi connectivity index (χ1) is 3.68. The van der Waals surface area contributed by atoms with Gasteiger partial charge in [0.2, 0.25) is 0 Å². The number of halogens is 1. The summed E-state index contributed by atoms with van der Waals surface area (Å²) in [6.45, 7) is 3.99. The summed E-state index contributed by atoms with van der Waals surface area (Å²) in [6.07, 6.45) is 0. The summed E-state index contributed by atoms with van der Waals surface area (Å²) in [5.74, 6) is 0.981. The molecule has 0 aromatic carbocycles. The van der Waals surface area contributed by atoms with Crippen LogP contribution in [0.5, 0.6) is 0 Å². The van der Waals surface area contributed by atoms with Crippen molar-refractivity contribution in [2.75, 3.05) is 7.05 Å². The van der Waals surface area contributed by atoms with Gasteiger partial charge in [-0.1, -0.05) is 13.8 Å². The van der Waals surface area contributed by atoms with Crippen molar-refractivity contribution in [1.82, 2.24) is 5.43 Å². The third-order valence-corrected chi connectivity index (χ3v) is 0.832. The SMILES string of the molecule is CNN=C(N)C(C)C.Cl. The lowest BCUT2D eigenvalue weighted by Gasteiger charge is -2.00. The third kappa shape index (κ3) is 5.43. The van der Waals surface area contributed by atoms with Gasteiger partial charge < -0.3 is 11.2 Å². The fourth-order valence-electron chi connectivity index (χ4n) is 0.258. The Labute approximate surface area is 62.1 Å². The van der Waals surface area contributed by atoms with E-state index in [0.717, 1.165) is 0 Å². The highest BCUT2D eigenvalue weighted by molar-refractivity contribution is 5.85. The van der Waals surface area contributed by atoms with Crippen LogP contribution < -0.4 is 11.2 Å². The highest BCUT2D eigenvalue weighted by atomic mass is 35.5. The second-order valence-electron chi connectivity index (χ2n) is 1.91. The Balaban J connectivity index is 0. The molecule has 0 atom stereocenters. The molecular formula is C5H14ClN3. The minimum atomic E-state index is 0. The van der Waals surface area contributed by atoms with Crippen molar-refractivity contribution in [1.29, 1.82) is 0 Å². The highest BCUT2D eigenvalue weighted by Gasteiger charge is 1.95. The maximum Gasteiger partial charge on any atom is 0.122 e.